The van der Waals surface area contributed by atoms with Crippen molar-refractivity contribution in [1.29, 1.82) is 0 Å². The van der Waals surface area contributed by atoms with Gasteiger partial charge < -0.3 is 4.90 Å². The van der Waals surface area contributed by atoms with Crippen LogP contribution in [-0.2, 0) is 6.54 Å². The Hall–Kier alpha value is -2.88. The molecule has 1 aliphatic rings. The molecule has 1 saturated carbocycles. The van der Waals surface area contributed by atoms with Crippen LogP contribution in [0.2, 0.25) is 0 Å². The van der Waals surface area contributed by atoms with Gasteiger partial charge in [0.2, 0.25) is 0 Å². The molecule has 0 bridgehead atoms. The van der Waals surface area contributed by atoms with E-state index in [1.54, 1.807) is 6.20 Å². The van der Waals surface area contributed by atoms with Crippen molar-refractivity contribution in [3.8, 4) is 0 Å². The highest BCUT2D eigenvalue weighted by Crippen LogP contribution is 2.34. The molecule has 4 heteroatoms. The van der Waals surface area contributed by atoms with E-state index in [1.165, 1.54) is 5.56 Å². The minimum absolute atomic E-state index is 0.119. The molecule has 1 aromatic heterocycles. The standard InChI is InChI=1S/C24H27N3O/c1-26(23-14-12-21(13-15-23)20-6-3-2-4-7-20)24(28)22-10-8-19(9-11-22)18-27-17-5-16-25-27/h2-11,16-17,21,23H,12-15,18H2,1H3. The van der Waals surface area contributed by atoms with E-state index >= 15 is 0 Å². The molecule has 1 amide bonds. The summed E-state index contributed by atoms with van der Waals surface area (Å²) in [6.07, 6.45) is 8.15. The third kappa shape index (κ3) is 4.16. The van der Waals surface area contributed by atoms with Gasteiger partial charge in [-0.3, -0.25) is 9.48 Å². The molecule has 0 radical (unpaired) electrons. The fraction of sp³-hybridized carbons (Fsp3) is 0.333. The molecular formula is C24H27N3O. The van der Waals surface area contributed by atoms with Gasteiger partial charge in [-0.15, -0.1) is 0 Å². The first-order chi connectivity index (χ1) is 13.7. The first kappa shape index (κ1) is 18.5. The Bertz CT molecular complexity index is 879. The SMILES string of the molecule is CN(C(=O)c1ccc(Cn2cccn2)cc1)C1CCC(c2ccccc2)CC1. The molecule has 1 heterocycles. The molecule has 1 fully saturated rings. The number of hydrogen-bond acceptors (Lipinski definition) is 2. The molecule has 144 valence electrons. The molecular weight excluding hydrogens is 346 g/mol. The topological polar surface area (TPSA) is 38.1 Å². The predicted octanol–water partition coefficient (Wildman–Crippen LogP) is 4.73. The quantitative estimate of drug-likeness (QED) is 0.648. The van der Waals surface area contributed by atoms with Crippen molar-refractivity contribution in [1.82, 2.24) is 14.7 Å². The van der Waals surface area contributed by atoms with Gasteiger partial charge in [0.15, 0.2) is 0 Å². The number of carbonyl (C=O) groups is 1. The number of benzene rings is 2. The van der Waals surface area contributed by atoms with E-state index < -0.39 is 0 Å². The summed E-state index contributed by atoms with van der Waals surface area (Å²) >= 11 is 0. The van der Waals surface area contributed by atoms with Crippen molar-refractivity contribution in [2.75, 3.05) is 7.05 Å². The third-order valence-corrected chi connectivity index (χ3v) is 5.94. The zero-order valence-electron chi connectivity index (χ0n) is 16.4. The summed E-state index contributed by atoms with van der Waals surface area (Å²) in [5.74, 6) is 0.747. The lowest BCUT2D eigenvalue weighted by Crippen LogP contribution is -2.39. The first-order valence-corrected chi connectivity index (χ1v) is 10.1. The fourth-order valence-corrected chi connectivity index (χ4v) is 4.22. The van der Waals surface area contributed by atoms with Gasteiger partial charge >= 0.3 is 0 Å². The molecule has 1 aliphatic carbocycles. The van der Waals surface area contributed by atoms with Crippen LogP contribution in [0.5, 0.6) is 0 Å². The lowest BCUT2D eigenvalue weighted by atomic mass is 9.81. The predicted molar refractivity (Wildman–Crippen MR) is 111 cm³/mol. The van der Waals surface area contributed by atoms with Crippen LogP contribution in [0.15, 0.2) is 73.1 Å². The van der Waals surface area contributed by atoms with E-state index in [-0.39, 0.29) is 5.91 Å². The van der Waals surface area contributed by atoms with Crippen LogP contribution < -0.4 is 0 Å². The van der Waals surface area contributed by atoms with Crippen LogP contribution in [0.1, 0.15) is 53.1 Å². The van der Waals surface area contributed by atoms with Gasteiger partial charge in [0, 0.05) is 31.0 Å². The molecule has 0 aliphatic heterocycles. The molecule has 0 saturated heterocycles. The maximum Gasteiger partial charge on any atom is 0.253 e. The van der Waals surface area contributed by atoms with Crippen LogP contribution in [0, 0.1) is 0 Å². The van der Waals surface area contributed by atoms with Crippen molar-refractivity contribution in [2.45, 2.75) is 44.2 Å². The van der Waals surface area contributed by atoms with E-state index in [9.17, 15) is 4.79 Å². The van der Waals surface area contributed by atoms with Crippen LogP contribution in [-0.4, -0.2) is 33.7 Å². The van der Waals surface area contributed by atoms with Gasteiger partial charge in [-0.1, -0.05) is 42.5 Å². The molecule has 0 N–H and O–H groups in total. The summed E-state index contributed by atoms with van der Waals surface area (Å²) in [6.45, 7) is 0.723. The highest BCUT2D eigenvalue weighted by Gasteiger charge is 2.27. The molecule has 0 atom stereocenters. The minimum Gasteiger partial charge on any atom is -0.339 e. The van der Waals surface area contributed by atoms with Crippen LogP contribution in [0.25, 0.3) is 0 Å². The van der Waals surface area contributed by atoms with Crippen molar-refractivity contribution >= 4 is 5.91 Å². The third-order valence-electron chi connectivity index (χ3n) is 5.94. The number of aromatic nitrogens is 2. The first-order valence-electron chi connectivity index (χ1n) is 10.1. The van der Waals surface area contributed by atoms with Crippen LogP contribution in [0.4, 0.5) is 0 Å². The minimum atomic E-state index is 0.119. The summed E-state index contributed by atoms with van der Waals surface area (Å²) in [5, 5.41) is 4.23. The van der Waals surface area contributed by atoms with E-state index in [1.807, 2.05) is 53.2 Å². The highest BCUT2D eigenvalue weighted by molar-refractivity contribution is 5.94. The second-order valence-corrected chi connectivity index (χ2v) is 7.73. The lowest BCUT2D eigenvalue weighted by Gasteiger charge is -2.35. The van der Waals surface area contributed by atoms with Gasteiger partial charge in [0.25, 0.3) is 5.91 Å². The number of amides is 1. The average Bonchev–Trinajstić information content (AvgIpc) is 3.27. The Labute approximate surface area is 166 Å². The van der Waals surface area contributed by atoms with Gasteiger partial charge in [-0.2, -0.15) is 5.10 Å². The zero-order chi connectivity index (χ0) is 19.3. The van der Waals surface area contributed by atoms with E-state index in [4.69, 9.17) is 0 Å². The number of rotatable bonds is 5. The summed E-state index contributed by atoms with van der Waals surface area (Å²) in [4.78, 5) is 14.9. The summed E-state index contributed by atoms with van der Waals surface area (Å²) < 4.78 is 1.88. The molecule has 0 spiro atoms. The van der Waals surface area contributed by atoms with Gasteiger partial charge in [0.1, 0.15) is 0 Å². The highest BCUT2D eigenvalue weighted by atomic mass is 16.2. The van der Waals surface area contributed by atoms with Crippen LogP contribution >= 0.6 is 0 Å². The number of nitrogens with zero attached hydrogens (tertiary/aromatic N) is 3. The van der Waals surface area contributed by atoms with Gasteiger partial charge in [-0.25, -0.2) is 0 Å². The van der Waals surface area contributed by atoms with Crippen molar-refractivity contribution < 1.29 is 4.79 Å². The molecule has 4 rings (SSSR count). The van der Waals surface area contributed by atoms with Gasteiger partial charge in [-0.05, 0) is 60.9 Å². The maximum absolute atomic E-state index is 12.9. The maximum atomic E-state index is 12.9. The normalized spacial score (nSPS) is 19.3. The Morgan fingerprint density at radius 2 is 1.71 bits per heavy atom. The number of hydrogen-bond donors (Lipinski definition) is 0. The smallest absolute Gasteiger partial charge is 0.253 e. The second kappa shape index (κ2) is 8.42. The molecule has 4 nitrogen and oxygen atoms in total. The van der Waals surface area contributed by atoms with Crippen LogP contribution in [0.3, 0.4) is 0 Å². The van der Waals surface area contributed by atoms with E-state index in [0.29, 0.717) is 12.0 Å². The van der Waals surface area contributed by atoms with Gasteiger partial charge in [0.05, 0.1) is 6.54 Å². The summed E-state index contributed by atoms with van der Waals surface area (Å²) in [5.41, 5.74) is 3.34. The monoisotopic (exact) mass is 373 g/mol. The molecule has 0 unspecified atom stereocenters. The molecule has 2 aromatic carbocycles. The number of carbonyl (C=O) groups excluding carboxylic acids is 1. The molecule has 3 aromatic rings. The Balaban J connectivity index is 1.34. The average molecular weight is 374 g/mol. The van der Waals surface area contributed by atoms with E-state index in [0.717, 1.165) is 43.4 Å². The van der Waals surface area contributed by atoms with Crippen molar-refractivity contribution in [3.63, 3.8) is 0 Å². The van der Waals surface area contributed by atoms with Crippen molar-refractivity contribution in [2.24, 2.45) is 0 Å². The summed E-state index contributed by atoms with van der Waals surface area (Å²) in [7, 11) is 1.95. The zero-order valence-corrected chi connectivity index (χ0v) is 16.4. The fourth-order valence-electron chi connectivity index (χ4n) is 4.22. The van der Waals surface area contributed by atoms with E-state index in [2.05, 4.69) is 35.4 Å². The Morgan fingerprint density at radius 3 is 2.36 bits per heavy atom. The van der Waals surface area contributed by atoms with Crippen molar-refractivity contribution in [3.05, 3.63) is 89.7 Å². The second-order valence-electron chi connectivity index (χ2n) is 7.73. The largest absolute Gasteiger partial charge is 0.339 e. The lowest BCUT2D eigenvalue weighted by molar-refractivity contribution is 0.0689. The Morgan fingerprint density at radius 1 is 1.00 bits per heavy atom. The molecule has 28 heavy (non-hydrogen) atoms. The summed E-state index contributed by atoms with van der Waals surface area (Å²) in [6, 6.07) is 20.9. The Kier molecular flexibility index (Phi) is 5.56.